The molecule has 1 atom stereocenters. The Morgan fingerprint density at radius 3 is 2.56 bits per heavy atom. The molecule has 0 spiro atoms. The first-order chi connectivity index (χ1) is 8.49. The van der Waals surface area contributed by atoms with Gasteiger partial charge in [0.25, 0.3) is 5.69 Å². The van der Waals surface area contributed by atoms with Gasteiger partial charge in [-0.15, -0.1) is 0 Å². The van der Waals surface area contributed by atoms with E-state index in [2.05, 4.69) is 5.32 Å². The molecule has 4 nitrogen and oxygen atoms in total. The summed E-state index contributed by atoms with van der Waals surface area (Å²) in [6, 6.07) is 2.94. The van der Waals surface area contributed by atoms with E-state index in [0.717, 1.165) is 12.2 Å². The molecular weight excluding hydrogens is 295 g/mol. The molecule has 7 heteroatoms. The molecule has 0 bridgehead atoms. The van der Waals surface area contributed by atoms with Gasteiger partial charge >= 0.3 is 0 Å². The zero-order valence-electron chi connectivity index (χ0n) is 10.1. The van der Waals surface area contributed by atoms with E-state index in [9.17, 15) is 10.1 Å². The van der Waals surface area contributed by atoms with Crippen molar-refractivity contribution in [3.8, 4) is 0 Å². The lowest BCUT2D eigenvalue weighted by Crippen LogP contribution is -2.21. The van der Waals surface area contributed by atoms with Gasteiger partial charge < -0.3 is 5.32 Å². The Balaban J connectivity index is 3.06. The Bertz CT molecular complexity index is 443. The van der Waals surface area contributed by atoms with Crippen molar-refractivity contribution in [1.82, 2.24) is 0 Å². The highest BCUT2D eigenvalue weighted by molar-refractivity contribution is 7.98. The summed E-state index contributed by atoms with van der Waals surface area (Å²) in [6.45, 7) is 2.03. The molecule has 0 saturated heterocycles. The molecule has 1 aromatic rings. The molecule has 0 radical (unpaired) electrons. The zero-order chi connectivity index (χ0) is 13.7. The van der Waals surface area contributed by atoms with E-state index in [1.54, 1.807) is 11.8 Å². The maximum Gasteiger partial charge on any atom is 0.293 e. The van der Waals surface area contributed by atoms with E-state index in [0.29, 0.717) is 10.7 Å². The number of hydrogen-bond donors (Lipinski definition) is 1. The third kappa shape index (κ3) is 3.93. The molecule has 0 saturated carbocycles. The van der Waals surface area contributed by atoms with E-state index in [1.165, 1.54) is 12.1 Å². The lowest BCUT2D eigenvalue weighted by Gasteiger charge is -2.17. The van der Waals surface area contributed by atoms with Gasteiger partial charge in [0, 0.05) is 17.9 Å². The minimum absolute atomic E-state index is 0.0519. The highest BCUT2D eigenvalue weighted by Crippen LogP contribution is 2.34. The monoisotopic (exact) mass is 308 g/mol. The molecule has 0 aromatic heterocycles. The Labute approximate surface area is 120 Å². The van der Waals surface area contributed by atoms with Crippen molar-refractivity contribution in [3.63, 3.8) is 0 Å². The maximum absolute atomic E-state index is 11.0. The number of benzene rings is 1. The number of nitrogens with zero attached hydrogens (tertiary/aromatic N) is 1. The first-order valence-corrected chi connectivity index (χ1v) is 7.53. The lowest BCUT2D eigenvalue weighted by atomic mass is 10.2. The molecule has 0 heterocycles. The van der Waals surface area contributed by atoms with Gasteiger partial charge in [0.15, 0.2) is 0 Å². The largest absolute Gasteiger partial charge is 0.376 e. The fourth-order valence-corrected chi connectivity index (χ4v) is 2.53. The SMILES string of the molecule is CCC(CSC)Nc1cc(Cl)c(Cl)cc1[N+](=O)[O-]. The van der Waals surface area contributed by atoms with E-state index in [1.807, 2.05) is 13.2 Å². The smallest absolute Gasteiger partial charge is 0.293 e. The highest BCUT2D eigenvalue weighted by Gasteiger charge is 2.19. The number of rotatable bonds is 6. The topological polar surface area (TPSA) is 55.2 Å². The third-order valence-corrected chi connectivity index (χ3v) is 3.91. The van der Waals surface area contributed by atoms with Gasteiger partial charge in [-0.3, -0.25) is 10.1 Å². The molecule has 0 amide bonds. The van der Waals surface area contributed by atoms with Gasteiger partial charge in [-0.05, 0) is 18.7 Å². The Kier molecular flexibility index (Phi) is 6.05. The average Bonchev–Trinajstić information content (AvgIpc) is 2.32. The van der Waals surface area contributed by atoms with E-state index >= 15 is 0 Å². The number of thioether (sulfide) groups is 1. The van der Waals surface area contributed by atoms with Crippen molar-refractivity contribution in [2.75, 3.05) is 17.3 Å². The molecule has 0 aliphatic carbocycles. The Morgan fingerprint density at radius 1 is 1.44 bits per heavy atom. The molecule has 1 N–H and O–H groups in total. The summed E-state index contributed by atoms with van der Waals surface area (Å²) in [6.07, 6.45) is 2.87. The van der Waals surface area contributed by atoms with Crippen molar-refractivity contribution in [1.29, 1.82) is 0 Å². The first kappa shape index (κ1) is 15.4. The minimum atomic E-state index is -0.462. The second kappa shape index (κ2) is 7.07. The molecular formula is C11H14Cl2N2O2S. The van der Waals surface area contributed by atoms with Crippen LogP contribution in [0.2, 0.25) is 10.0 Å². The molecule has 0 fully saturated rings. The van der Waals surface area contributed by atoms with Gasteiger partial charge in [-0.2, -0.15) is 11.8 Å². The summed E-state index contributed by atoms with van der Waals surface area (Å²) in [4.78, 5) is 10.5. The number of halogens is 2. The molecule has 18 heavy (non-hydrogen) atoms. The van der Waals surface area contributed by atoms with Crippen LogP contribution in [0.3, 0.4) is 0 Å². The molecule has 1 aromatic carbocycles. The van der Waals surface area contributed by atoms with Crippen LogP contribution in [0.4, 0.5) is 11.4 Å². The standard InChI is InChI=1S/C11H14Cl2N2O2S/c1-3-7(6-18-2)14-10-4-8(12)9(13)5-11(10)15(16)17/h4-5,7,14H,3,6H2,1-2H3. The number of nitrogens with one attached hydrogen (secondary N) is 1. The number of anilines is 1. The van der Waals surface area contributed by atoms with Crippen LogP contribution >= 0.6 is 35.0 Å². The molecule has 1 unspecified atom stereocenters. The maximum atomic E-state index is 11.0. The van der Waals surface area contributed by atoms with Crippen molar-refractivity contribution in [2.24, 2.45) is 0 Å². The van der Waals surface area contributed by atoms with Crippen molar-refractivity contribution < 1.29 is 4.92 Å². The van der Waals surface area contributed by atoms with Crippen LogP contribution in [0.25, 0.3) is 0 Å². The molecule has 0 aliphatic heterocycles. The predicted molar refractivity (Wildman–Crippen MR) is 79.2 cm³/mol. The van der Waals surface area contributed by atoms with Crippen LogP contribution in [0.1, 0.15) is 13.3 Å². The van der Waals surface area contributed by atoms with Crippen LogP contribution in [-0.4, -0.2) is 23.0 Å². The quantitative estimate of drug-likeness (QED) is 0.623. The van der Waals surface area contributed by atoms with Crippen LogP contribution in [0.15, 0.2) is 12.1 Å². The summed E-state index contributed by atoms with van der Waals surface area (Å²) in [5.41, 5.74) is 0.360. The van der Waals surface area contributed by atoms with Gasteiger partial charge in [0.1, 0.15) is 5.69 Å². The fraction of sp³-hybridized carbons (Fsp3) is 0.455. The third-order valence-electron chi connectivity index (χ3n) is 2.46. The summed E-state index contributed by atoms with van der Waals surface area (Å²) in [5, 5.41) is 14.6. The van der Waals surface area contributed by atoms with Gasteiger partial charge in [-0.25, -0.2) is 0 Å². The average molecular weight is 309 g/mol. The summed E-state index contributed by atoms with van der Waals surface area (Å²) >= 11 is 13.4. The Morgan fingerprint density at radius 2 is 2.06 bits per heavy atom. The number of nitro benzene ring substituents is 1. The second-order valence-corrected chi connectivity index (χ2v) is 5.47. The second-order valence-electron chi connectivity index (χ2n) is 3.75. The number of hydrogen-bond acceptors (Lipinski definition) is 4. The molecule has 1 rings (SSSR count). The predicted octanol–water partition coefficient (Wildman–Crippen LogP) is 4.46. The van der Waals surface area contributed by atoms with Gasteiger partial charge in [0.2, 0.25) is 0 Å². The fourth-order valence-electron chi connectivity index (χ4n) is 1.49. The Hall–Kier alpha value is -0.650. The van der Waals surface area contributed by atoms with Crippen LogP contribution in [-0.2, 0) is 0 Å². The molecule has 100 valence electrons. The lowest BCUT2D eigenvalue weighted by molar-refractivity contribution is -0.384. The molecule has 0 aliphatic rings. The summed E-state index contributed by atoms with van der Waals surface area (Å²) in [5.74, 6) is 0.869. The van der Waals surface area contributed by atoms with Gasteiger partial charge in [-0.1, -0.05) is 30.1 Å². The van der Waals surface area contributed by atoms with Gasteiger partial charge in [0.05, 0.1) is 15.0 Å². The van der Waals surface area contributed by atoms with Crippen LogP contribution < -0.4 is 5.32 Å². The highest BCUT2D eigenvalue weighted by atomic mass is 35.5. The minimum Gasteiger partial charge on any atom is -0.376 e. The normalized spacial score (nSPS) is 12.2. The van der Waals surface area contributed by atoms with E-state index < -0.39 is 4.92 Å². The number of nitro groups is 1. The van der Waals surface area contributed by atoms with Crippen molar-refractivity contribution >= 4 is 46.3 Å². The van der Waals surface area contributed by atoms with E-state index in [-0.39, 0.29) is 16.8 Å². The summed E-state index contributed by atoms with van der Waals surface area (Å²) < 4.78 is 0. The first-order valence-electron chi connectivity index (χ1n) is 5.38. The summed E-state index contributed by atoms with van der Waals surface area (Å²) in [7, 11) is 0. The van der Waals surface area contributed by atoms with Crippen LogP contribution in [0, 0.1) is 10.1 Å². The van der Waals surface area contributed by atoms with Crippen molar-refractivity contribution in [3.05, 3.63) is 32.3 Å². The zero-order valence-corrected chi connectivity index (χ0v) is 12.4. The van der Waals surface area contributed by atoms with Crippen LogP contribution in [0.5, 0.6) is 0 Å². The van der Waals surface area contributed by atoms with E-state index in [4.69, 9.17) is 23.2 Å². The van der Waals surface area contributed by atoms with Crippen molar-refractivity contribution in [2.45, 2.75) is 19.4 Å².